The van der Waals surface area contributed by atoms with Gasteiger partial charge in [0, 0.05) is 12.1 Å². The number of ether oxygens (including phenoxy) is 2. The van der Waals surface area contributed by atoms with E-state index in [0.29, 0.717) is 29.4 Å². The molecule has 1 amide bonds. The van der Waals surface area contributed by atoms with Crippen molar-refractivity contribution in [1.82, 2.24) is 4.90 Å². The number of Topliss-reactive ketones (excluding diaryl/α,β-unsaturated/α-hetero) is 1. The summed E-state index contributed by atoms with van der Waals surface area (Å²) in [6.45, 7) is 2.76. The molecule has 1 N–H and O–H groups in total. The van der Waals surface area contributed by atoms with Crippen LogP contribution >= 0.6 is 0 Å². The van der Waals surface area contributed by atoms with E-state index in [2.05, 4.69) is 0 Å². The van der Waals surface area contributed by atoms with Crippen molar-refractivity contribution >= 4 is 17.4 Å². The zero-order valence-corrected chi connectivity index (χ0v) is 18.5. The summed E-state index contributed by atoms with van der Waals surface area (Å²) in [4.78, 5) is 27.5. The lowest BCUT2D eigenvalue weighted by molar-refractivity contribution is -0.140. The monoisotopic (exact) mass is 447 g/mol. The molecule has 33 heavy (non-hydrogen) atoms. The first-order chi connectivity index (χ1) is 16.0. The number of aliphatic hydroxyl groups is 1. The summed E-state index contributed by atoms with van der Waals surface area (Å²) < 4.78 is 16.3. The Morgan fingerprint density at radius 2 is 1.73 bits per heavy atom. The average Bonchev–Trinajstić information content (AvgIpc) is 3.46. The van der Waals surface area contributed by atoms with Crippen molar-refractivity contribution < 1.29 is 28.6 Å². The van der Waals surface area contributed by atoms with Gasteiger partial charge in [-0.1, -0.05) is 19.1 Å². The number of carbonyl (C=O) groups is 2. The topological polar surface area (TPSA) is 89.2 Å². The number of ketones is 1. The van der Waals surface area contributed by atoms with Crippen LogP contribution < -0.4 is 9.47 Å². The van der Waals surface area contributed by atoms with Gasteiger partial charge in [0.05, 0.1) is 25.6 Å². The van der Waals surface area contributed by atoms with Crippen molar-refractivity contribution in [3.05, 3.63) is 89.4 Å². The van der Waals surface area contributed by atoms with Crippen molar-refractivity contribution in [2.75, 3.05) is 13.7 Å². The predicted molar refractivity (Wildman–Crippen MR) is 122 cm³/mol. The van der Waals surface area contributed by atoms with E-state index in [1.807, 2.05) is 19.1 Å². The van der Waals surface area contributed by atoms with Gasteiger partial charge in [-0.2, -0.15) is 0 Å². The lowest BCUT2D eigenvalue weighted by Gasteiger charge is -2.23. The predicted octanol–water partition coefficient (Wildman–Crippen LogP) is 4.70. The maximum Gasteiger partial charge on any atom is 0.296 e. The highest BCUT2D eigenvalue weighted by Gasteiger charge is 2.47. The van der Waals surface area contributed by atoms with Crippen molar-refractivity contribution in [3.63, 3.8) is 0 Å². The van der Waals surface area contributed by atoms with E-state index < -0.39 is 17.7 Å². The number of hydrogen-bond donors (Lipinski definition) is 1. The molecule has 7 heteroatoms. The molecule has 1 saturated heterocycles. The molecule has 1 atom stereocenters. The molecule has 0 saturated carbocycles. The number of benzene rings is 2. The molecule has 2 heterocycles. The summed E-state index contributed by atoms with van der Waals surface area (Å²) in [7, 11) is 1.58. The average molecular weight is 447 g/mol. The Labute approximate surface area is 191 Å². The van der Waals surface area contributed by atoms with Crippen LogP contribution in [0.4, 0.5) is 0 Å². The maximum absolute atomic E-state index is 13.0. The van der Waals surface area contributed by atoms with Crippen LogP contribution in [-0.2, 0) is 16.1 Å². The van der Waals surface area contributed by atoms with Crippen LogP contribution in [0.1, 0.15) is 36.3 Å². The van der Waals surface area contributed by atoms with Crippen molar-refractivity contribution in [1.29, 1.82) is 0 Å². The number of amides is 1. The minimum absolute atomic E-state index is 0.00862. The Morgan fingerprint density at radius 3 is 2.33 bits per heavy atom. The van der Waals surface area contributed by atoms with E-state index in [1.165, 1.54) is 11.2 Å². The standard InChI is InChI=1S/C26H25NO6/c1-3-14-32-20-12-8-18(9-13-20)24(28)22-23(21-5-4-15-33-21)27(26(30)25(22)29)16-17-6-10-19(31-2)11-7-17/h4-13,15,23,28H,3,14,16H2,1-2H3/b24-22-. The summed E-state index contributed by atoms with van der Waals surface area (Å²) in [6, 6.07) is 16.5. The first-order valence-corrected chi connectivity index (χ1v) is 10.7. The third kappa shape index (κ3) is 4.48. The van der Waals surface area contributed by atoms with Gasteiger partial charge in [-0.15, -0.1) is 0 Å². The number of nitrogens with zero attached hydrogens (tertiary/aromatic N) is 1. The van der Waals surface area contributed by atoms with Gasteiger partial charge in [0.25, 0.3) is 11.7 Å². The number of hydrogen-bond acceptors (Lipinski definition) is 6. The van der Waals surface area contributed by atoms with Crippen LogP contribution in [0.25, 0.3) is 5.76 Å². The summed E-state index contributed by atoms with van der Waals surface area (Å²) in [5.41, 5.74) is 1.22. The number of furan rings is 1. The van der Waals surface area contributed by atoms with Gasteiger partial charge in [0.15, 0.2) is 0 Å². The lowest BCUT2D eigenvalue weighted by atomic mass is 9.99. The van der Waals surface area contributed by atoms with Gasteiger partial charge >= 0.3 is 0 Å². The number of carbonyl (C=O) groups excluding carboxylic acids is 2. The van der Waals surface area contributed by atoms with Gasteiger partial charge in [-0.25, -0.2) is 0 Å². The fourth-order valence-corrected chi connectivity index (χ4v) is 3.80. The Hall–Kier alpha value is -4.00. The second kappa shape index (κ2) is 9.65. The van der Waals surface area contributed by atoms with Gasteiger partial charge in [0.1, 0.15) is 29.1 Å². The van der Waals surface area contributed by atoms with Crippen LogP contribution in [-0.4, -0.2) is 35.4 Å². The lowest BCUT2D eigenvalue weighted by Crippen LogP contribution is -2.29. The molecule has 170 valence electrons. The number of methoxy groups -OCH3 is 1. The molecule has 1 aliphatic heterocycles. The second-order valence-electron chi connectivity index (χ2n) is 7.66. The van der Waals surface area contributed by atoms with Gasteiger partial charge in [0.2, 0.25) is 0 Å². The highest BCUT2D eigenvalue weighted by Crippen LogP contribution is 2.40. The number of aliphatic hydroxyl groups excluding tert-OH is 1. The summed E-state index contributed by atoms with van der Waals surface area (Å²) in [5.74, 6) is 0.0391. The van der Waals surface area contributed by atoms with E-state index in [-0.39, 0.29) is 17.9 Å². The largest absolute Gasteiger partial charge is 0.507 e. The molecule has 0 spiro atoms. The fraction of sp³-hybridized carbons (Fsp3) is 0.231. The molecule has 0 radical (unpaired) electrons. The molecule has 7 nitrogen and oxygen atoms in total. The van der Waals surface area contributed by atoms with Crippen LogP contribution in [0, 0.1) is 0 Å². The Kier molecular flexibility index (Phi) is 6.49. The smallest absolute Gasteiger partial charge is 0.296 e. The summed E-state index contributed by atoms with van der Waals surface area (Å²) >= 11 is 0. The highest BCUT2D eigenvalue weighted by molar-refractivity contribution is 6.46. The van der Waals surface area contributed by atoms with Crippen LogP contribution in [0.3, 0.4) is 0 Å². The first-order valence-electron chi connectivity index (χ1n) is 10.7. The molecule has 4 rings (SSSR count). The summed E-state index contributed by atoms with van der Waals surface area (Å²) in [6.07, 6.45) is 2.35. The molecule has 0 aliphatic carbocycles. The molecule has 1 fully saturated rings. The Bertz CT molecular complexity index is 1150. The van der Waals surface area contributed by atoms with E-state index in [0.717, 1.165) is 12.0 Å². The third-order valence-electron chi connectivity index (χ3n) is 5.47. The zero-order chi connectivity index (χ0) is 23.4. The highest BCUT2D eigenvalue weighted by atomic mass is 16.5. The van der Waals surface area contributed by atoms with Crippen molar-refractivity contribution in [2.45, 2.75) is 25.9 Å². The minimum Gasteiger partial charge on any atom is -0.507 e. The van der Waals surface area contributed by atoms with Gasteiger partial charge < -0.3 is 23.9 Å². The van der Waals surface area contributed by atoms with Gasteiger partial charge in [-0.05, 0) is 60.5 Å². The summed E-state index contributed by atoms with van der Waals surface area (Å²) in [5, 5.41) is 11.1. The van der Waals surface area contributed by atoms with Crippen LogP contribution in [0.15, 0.2) is 76.9 Å². The normalized spacial score (nSPS) is 17.4. The molecular formula is C26H25NO6. The first kappa shape index (κ1) is 22.2. The Balaban J connectivity index is 1.71. The van der Waals surface area contributed by atoms with Crippen LogP contribution in [0.5, 0.6) is 11.5 Å². The fourth-order valence-electron chi connectivity index (χ4n) is 3.80. The minimum atomic E-state index is -0.849. The molecule has 2 aromatic carbocycles. The molecule has 3 aromatic rings. The van der Waals surface area contributed by atoms with E-state index in [9.17, 15) is 14.7 Å². The SMILES string of the molecule is CCCOc1ccc(/C(O)=C2/C(=O)C(=O)N(Cc3ccc(OC)cc3)C2c2ccco2)cc1. The van der Waals surface area contributed by atoms with E-state index >= 15 is 0 Å². The van der Waals surface area contributed by atoms with Crippen LogP contribution in [0.2, 0.25) is 0 Å². The third-order valence-corrected chi connectivity index (χ3v) is 5.47. The van der Waals surface area contributed by atoms with Crippen molar-refractivity contribution in [3.8, 4) is 11.5 Å². The molecule has 1 aromatic heterocycles. The Morgan fingerprint density at radius 1 is 1.03 bits per heavy atom. The molecular weight excluding hydrogens is 422 g/mol. The molecule has 0 bridgehead atoms. The van der Waals surface area contributed by atoms with Crippen molar-refractivity contribution in [2.24, 2.45) is 0 Å². The number of likely N-dealkylation sites (tertiary alicyclic amines) is 1. The second-order valence-corrected chi connectivity index (χ2v) is 7.66. The maximum atomic E-state index is 13.0. The quantitative estimate of drug-likeness (QED) is 0.306. The van der Waals surface area contributed by atoms with Gasteiger partial charge in [-0.3, -0.25) is 9.59 Å². The molecule has 1 aliphatic rings. The van der Waals surface area contributed by atoms with E-state index in [1.54, 1.807) is 55.6 Å². The zero-order valence-electron chi connectivity index (χ0n) is 18.5. The van der Waals surface area contributed by atoms with E-state index in [4.69, 9.17) is 13.9 Å². The number of rotatable bonds is 8. The molecule has 1 unspecified atom stereocenters.